The van der Waals surface area contributed by atoms with E-state index in [9.17, 15) is 22.0 Å². The SMILES string of the molecule is Cc1cc(F)c(S(=O)(=O)NOC(C)(C)C(=O)O)cc1F. The summed E-state index contributed by atoms with van der Waals surface area (Å²) >= 11 is 0. The van der Waals surface area contributed by atoms with E-state index in [2.05, 4.69) is 4.84 Å². The lowest BCUT2D eigenvalue weighted by molar-refractivity contribution is -0.165. The van der Waals surface area contributed by atoms with Crippen molar-refractivity contribution in [2.24, 2.45) is 0 Å². The van der Waals surface area contributed by atoms with Crippen LogP contribution in [0.2, 0.25) is 0 Å². The molecule has 0 amide bonds. The summed E-state index contributed by atoms with van der Waals surface area (Å²) in [6, 6.07) is 1.20. The minimum Gasteiger partial charge on any atom is -0.479 e. The molecule has 1 aromatic carbocycles. The fourth-order valence-electron chi connectivity index (χ4n) is 1.08. The van der Waals surface area contributed by atoms with Crippen molar-refractivity contribution in [1.82, 2.24) is 4.89 Å². The zero-order chi connectivity index (χ0) is 15.7. The number of carboxylic acids is 1. The monoisotopic (exact) mass is 309 g/mol. The van der Waals surface area contributed by atoms with Gasteiger partial charge < -0.3 is 5.11 Å². The molecule has 6 nitrogen and oxygen atoms in total. The van der Waals surface area contributed by atoms with Gasteiger partial charge in [0.1, 0.15) is 16.5 Å². The zero-order valence-corrected chi connectivity index (χ0v) is 11.7. The molecule has 2 N–H and O–H groups in total. The summed E-state index contributed by atoms with van der Waals surface area (Å²) in [6.07, 6.45) is 0. The van der Waals surface area contributed by atoms with Crippen molar-refractivity contribution in [2.75, 3.05) is 0 Å². The van der Waals surface area contributed by atoms with Gasteiger partial charge in [0.15, 0.2) is 5.60 Å². The Kier molecular flexibility index (Phi) is 4.47. The summed E-state index contributed by atoms with van der Waals surface area (Å²) in [6.45, 7) is 3.44. The summed E-state index contributed by atoms with van der Waals surface area (Å²) in [4.78, 5) is 15.8. The highest BCUT2D eigenvalue weighted by Gasteiger charge is 2.32. The Morgan fingerprint density at radius 1 is 1.30 bits per heavy atom. The first-order chi connectivity index (χ1) is 8.97. The fraction of sp³-hybridized carbons (Fsp3) is 0.364. The van der Waals surface area contributed by atoms with E-state index in [0.29, 0.717) is 12.1 Å². The lowest BCUT2D eigenvalue weighted by Gasteiger charge is -2.19. The second-order valence-electron chi connectivity index (χ2n) is 4.54. The van der Waals surface area contributed by atoms with Crippen molar-refractivity contribution in [3.8, 4) is 0 Å². The van der Waals surface area contributed by atoms with Crippen molar-refractivity contribution in [2.45, 2.75) is 31.3 Å². The third kappa shape index (κ3) is 3.50. The first kappa shape index (κ1) is 16.5. The Morgan fingerprint density at radius 2 is 1.85 bits per heavy atom. The highest BCUT2D eigenvalue weighted by Crippen LogP contribution is 2.19. The molecule has 1 aromatic rings. The van der Waals surface area contributed by atoms with Gasteiger partial charge in [-0.05, 0) is 38.5 Å². The van der Waals surface area contributed by atoms with Gasteiger partial charge >= 0.3 is 5.97 Å². The van der Waals surface area contributed by atoms with Gasteiger partial charge in [0.05, 0.1) is 0 Å². The van der Waals surface area contributed by atoms with Gasteiger partial charge in [-0.25, -0.2) is 22.0 Å². The van der Waals surface area contributed by atoms with Gasteiger partial charge in [-0.15, -0.1) is 0 Å². The van der Waals surface area contributed by atoms with Crippen LogP contribution in [0.3, 0.4) is 0 Å². The maximum atomic E-state index is 13.5. The number of carboxylic acid groups (broad SMARTS) is 1. The van der Waals surface area contributed by atoms with E-state index in [-0.39, 0.29) is 5.56 Å². The highest BCUT2D eigenvalue weighted by molar-refractivity contribution is 7.89. The molecule has 0 saturated heterocycles. The lowest BCUT2D eigenvalue weighted by Crippen LogP contribution is -2.42. The average Bonchev–Trinajstić information content (AvgIpc) is 2.31. The molecule has 1 rings (SSSR count). The number of carbonyl (C=O) groups is 1. The normalized spacial score (nSPS) is 12.4. The van der Waals surface area contributed by atoms with E-state index in [1.165, 1.54) is 11.8 Å². The molecule has 0 aromatic heterocycles. The Hall–Kier alpha value is -1.58. The minimum absolute atomic E-state index is 0.0618. The summed E-state index contributed by atoms with van der Waals surface area (Å²) in [5.41, 5.74) is -1.93. The number of nitrogens with one attached hydrogen (secondary N) is 1. The molecule has 0 spiro atoms. The zero-order valence-electron chi connectivity index (χ0n) is 10.9. The van der Waals surface area contributed by atoms with Crippen LogP contribution in [-0.2, 0) is 19.7 Å². The van der Waals surface area contributed by atoms with Gasteiger partial charge in [0, 0.05) is 0 Å². The van der Waals surface area contributed by atoms with Gasteiger partial charge in [-0.2, -0.15) is 0 Å². The Labute approximate surface area is 114 Å². The minimum atomic E-state index is -4.55. The summed E-state index contributed by atoms with van der Waals surface area (Å²) in [5, 5.41) is 8.75. The Bertz CT molecular complexity index is 642. The van der Waals surface area contributed by atoms with Gasteiger partial charge in [-0.1, -0.05) is 4.89 Å². The van der Waals surface area contributed by atoms with Crippen LogP contribution in [0.1, 0.15) is 19.4 Å². The van der Waals surface area contributed by atoms with Crippen molar-refractivity contribution in [1.29, 1.82) is 0 Å². The molecule has 9 heteroatoms. The second kappa shape index (κ2) is 5.43. The molecular weight excluding hydrogens is 296 g/mol. The molecule has 0 atom stereocenters. The van der Waals surface area contributed by atoms with E-state index in [4.69, 9.17) is 5.11 Å². The first-order valence-corrected chi connectivity index (χ1v) is 6.84. The van der Waals surface area contributed by atoms with Crippen LogP contribution in [0.25, 0.3) is 0 Å². The van der Waals surface area contributed by atoms with Crippen LogP contribution < -0.4 is 4.89 Å². The van der Waals surface area contributed by atoms with E-state index < -0.39 is 38.1 Å². The number of aryl methyl sites for hydroxylation is 1. The van der Waals surface area contributed by atoms with Gasteiger partial charge in [0.2, 0.25) is 0 Å². The number of rotatable bonds is 5. The predicted octanol–water partition coefficient (Wildman–Crippen LogP) is 1.35. The Balaban J connectivity index is 3.07. The van der Waals surface area contributed by atoms with Crippen LogP contribution >= 0.6 is 0 Å². The highest BCUT2D eigenvalue weighted by atomic mass is 32.2. The number of aliphatic carboxylic acids is 1. The average molecular weight is 309 g/mol. The van der Waals surface area contributed by atoms with Crippen LogP contribution in [0, 0.1) is 18.6 Å². The second-order valence-corrected chi connectivity index (χ2v) is 6.15. The van der Waals surface area contributed by atoms with Crippen molar-refractivity contribution in [3.05, 3.63) is 29.3 Å². The molecule has 0 fully saturated rings. The number of sulfonamides is 1. The van der Waals surface area contributed by atoms with E-state index in [1.807, 2.05) is 0 Å². The lowest BCUT2D eigenvalue weighted by atomic mass is 10.1. The number of halogens is 2. The van der Waals surface area contributed by atoms with Crippen LogP contribution in [0.4, 0.5) is 8.78 Å². The smallest absolute Gasteiger partial charge is 0.337 e. The molecule has 0 unspecified atom stereocenters. The van der Waals surface area contributed by atoms with E-state index in [1.54, 1.807) is 0 Å². The Morgan fingerprint density at radius 3 is 2.35 bits per heavy atom. The van der Waals surface area contributed by atoms with Crippen molar-refractivity contribution >= 4 is 16.0 Å². The van der Waals surface area contributed by atoms with Crippen molar-refractivity contribution in [3.63, 3.8) is 0 Å². The third-order valence-corrected chi connectivity index (χ3v) is 3.62. The van der Waals surface area contributed by atoms with Crippen molar-refractivity contribution < 1.29 is 31.9 Å². The maximum Gasteiger partial charge on any atom is 0.337 e. The summed E-state index contributed by atoms with van der Waals surface area (Å²) < 4.78 is 50.3. The van der Waals surface area contributed by atoms with Gasteiger partial charge in [0.25, 0.3) is 10.0 Å². The molecule has 0 heterocycles. The number of hydrogen-bond acceptors (Lipinski definition) is 4. The topological polar surface area (TPSA) is 92.7 Å². The molecule has 20 heavy (non-hydrogen) atoms. The molecule has 0 bridgehead atoms. The molecular formula is C11H13F2NO5S. The number of benzene rings is 1. The first-order valence-electron chi connectivity index (χ1n) is 5.36. The molecule has 0 aliphatic rings. The van der Waals surface area contributed by atoms with E-state index in [0.717, 1.165) is 13.8 Å². The van der Waals surface area contributed by atoms with Crippen LogP contribution in [-0.4, -0.2) is 25.1 Å². The molecule has 0 aliphatic heterocycles. The third-order valence-electron chi connectivity index (χ3n) is 2.42. The molecule has 0 radical (unpaired) electrons. The quantitative estimate of drug-likeness (QED) is 0.801. The fourth-order valence-corrected chi connectivity index (χ4v) is 2.06. The summed E-state index contributed by atoms with van der Waals surface area (Å²) in [7, 11) is -4.55. The van der Waals surface area contributed by atoms with Crippen LogP contribution in [0.5, 0.6) is 0 Å². The molecule has 112 valence electrons. The predicted molar refractivity (Wildman–Crippen MR) is 64.2 cm³/mol. The maximum absolute atomic E-state index is 13.5. The van der Waals surface area contributed by atoms with Gasteiger partial charge in [-0.3, -0.25) is 4.84 Å². The summed E-state index contributed by atoms with van der Waals surface area (Å²) in [5.74, 6) is -3.52. The van der Waals surface area contributed by atoms with Crippen LogP contribution in [0.15, 0.2) is 17.0 Å². The largest absolute Gasteiger partial charge is 0.479 e. The molecule has 0 aliphatic carbocycles. The standard InChI is InChI=1S/C11H13F2NO5S/c1-6-4-8(13)9(5-7(6)12)20(17,18)14-19-11(2,3)10(15)16/h4-5,14H,1-3H3,(H,15,16). The van der Waals surface area contributed by atoms with E-state index >= 15 is 0 Å². The molecule has 0 saturated carbocycles. The number of hydrogen-bond donors (Lipinski definition) is 2.